The first-order chi connectivity index (χ1) is 19.0. The average molecular weight is 525 g/mol. The van der Waals surface area contributed by atoms with E-state index >= 15 is 0 Å². The number of carbonyl (C=O) groups excluding carboxylic acids is 1. The first-order valence-corrected chi connectivity index (χ1v) is 13.7. The van der Waals surface area contributed by atoms with E-state index < -0.39 is 11.9 Å². The van der Waals surface area contributed by atoms with Gasteiger partial charge in [0.15, 0.2) is 0 Å². The number of hydrogen-bond acceptors (Lipinski definition) is 3. The number of fused-ring (bicyclic) bond motifs is 2. The molecule has 0 spiro atoms. The molecule has 2 aliphatic rings. The van der Waals surface area contributed by atoms with Crippen LogP contribution in [0, 0.1) is 0 Å². The number of carboxylic acid groups (broad SMARTS) is 1. The number of carboxylic acids is 1. The van der Waals surface area contributed by atoms with E-state index in [2.05, 4.69) is 38.8 Å². The van der Waals surface area contributed by atoms with Crippen molar-refractivity contribution in [2.45, 2.75) is 50.5 Å². The number of H-pyrrole nitrogens is 1. The Bertz CT molecular complexity index is 1400. The van der Waals surface area contributed by atoms with Crippen LogP contribution in [-0.4, -0.2) is 46.1 Å². The van der Waals surface area contributed by atoms with Crippen molar-refractivity contribution >= 4 is 34.3 Å². The number of benzene rings is 3. The molecule has 0 aliphatic carbocycles. The van der Waals surface area contributed by atoms with Gasteiger partial charge in [-0.05, 0) is 93.1 Å². The second kappa shape index (κ2) is 12.2. The molecule has 0 saturated carbocycles. The molecule has 2 aliphatic heterocycles. The molecule has 7 nitrogen and oxygen atoms in total. The van der Waals surface area contributed by atoms with Crippen LogP contribution >= 0.6 is 0 Å². The Morgan fingerprint density at radius 2 is 1.64 bits per heavy atom. The highest BCUT2D eigenvalue weighted by Crippen LogP contribution is 2.39. The number of aliphatic carboxylic acids is 1. The molecule has 202 valence electrons. The van der Waals surface area contributed by atoms with Crippen molar-refractivity contribution in [2.24, 2.45) is 0 Å². The maximum Gasteiger partial charge on any atom is 0.323 e. The molecule has 2 amide bonds. The lowest BCUT2D eigenvalue weighted by molar-refractivity contribution is -0.138. The van der Waals surface area contributed by atoms with Crippen LogP contribution in [0.15, 0.2) is 85.1 Å². The maximum atomic E-state index is 12.3. The molecule has 1 aromatic heterocycles. The summed E-state index contributed by atoms with van der Waals surface area (Å²) in [7, 11) is 0. The number of aromatic nitrogens is 1. The van der Waals surface area contributed by atoms with Crippen LogP contribution < -0.4 is 10.6 Å². The predicted molar refractivity (Wildman–Crippen MR) is 156 cm³/mol. The summed E-state index contributed by atoms with van der Waals surface area (Å²) in [5.74, 6) is -0.589. The predicted octanol–water partition coefficient (Wildman–Crippen LogP) is 7.03. The lowest BCUT2D eigenvalue weighted by Gasteiger charge is -2.34. The standard InChI is InChI=1S/C23H26N4O.C9H10O2/c28-23(25-17-5-2-1-3-6-17)26-18-8-9-22-20(14-18)21(15-24-22)16-10-12-27-11-4-7-19(27)13-16;1-7(9(10)11)8-5-3-2-4-6-8/h1-3,5-6,8-9,14-16,19,24H,4,7,10-13H2,(H2,25,26,28);2-7H,1H3,(H,10,11). The zero-order valence-corrected chi connectivity index (χ0v) is 22.3. The van der Waals surface area contributed by atoms with Crippen LogP contribution in [0.3, 0.4) is 0 Å². The number of nitrogens with one attached hydrogen (secondary N) is 3. The van der Waals surface area contributed by atoms with Crippen molar-refractivity contribution < 1.29 is 14.7 Å². The van der Waals surface area contributed by atoms with Crippen LogP contribution in [0.1, 0.15) is 55.6 Å². The second-order valence-corrected chi connectivity index (χ2v) is 10.5. The molecule has 3 aromatic carbocycles. The molecule has 0 bridgehead atoms. The smallest absolute Gasteiger partial charge is 0.323 e. The Kier molecular flexibility index (Phi) is 8.27. The van der Waals surface area contributed by atoms with Gasteiger partial charge in [-0.15, -0.1) is 0 Å². The van der Waals surface area contributed by atoms with Gasteiger partial charge >= 0.3 is 12.0 Å². The van der Waals surface area contributed by atoms with E-state index in [0.717, 1.165) is 28.5 Å². The minimum absolute atomic E-state index is 0.220. The molecule has 3 atom stereocenters. The fourth-order valence-corrected chi connectivity index (χ4v) is 5.76. The van der Waals surface area contributed by atoms with Crippen molar-refractivity contribution in [3.05, 3.63) is 96.2 Å². The zero-order valence-electron chi connectivity index (χ0n) is 22.3. The van der Waals surface area contributed by atoms with E-state index in [1.807, 2.05) is 66.7 Å². The number of hydrogen-bond donors (Lipinski definition) is 4. The van der Waals surface area contributed by atoms with E-state index in [1.165, 1.54) is 49.7 Å². The van der Waals surface area contributed by atoms with Crippen molar-refractivity contribution in [1.82, 2.24) is 9.88 Å². The summed E-state index contributed by atoms with van der Waals surface area (Å²) in [6.07, 6.45) is 7.32. The minimum atomic E-state index is -0.781. The quantitative estimate of drug-likeness (QED) is 0.225. The van der Waals surface area contributed by atoms with Gasteiger partial charge in [-0.1, -0.05) is 48.5 Å². The number of urea groups is 1. The van der Waals surface area contributed by atoms with Crippen LogP contribution in [0.2, 0.25) is 0 Å². The SMILES string of the molecule is CC(C(=O)O)c1ccccc1.O=C(Nc1ccccc1)Nc1ccc2[nH]cc(C3CCN4CCCC4C3)c2c1. The second-order valence-electron chi connectivity index (χ2n) is 10.5. The highest BCUT2D eigenvalue weighted by atomic mass is 16.4. The topological polar surface area (TPSA) is 97.5 Å². The number of para-hydroxylation sites is 1. The fraction of sp³-hybridized carbons (Fsp3) is 0.312. The van der Waals surface area contributed by atoms with Crippen molar-refractivity contribution in [3.63, 3.8) is 0 Å². The molecule has 39 heavy (non-hydrogen) atoms. The number of aromatic amines is 1. The summed E-state index contributed by atoms with van der Waals surface area (Å²) in [6, 6.07) is 25.3. The van der Waals surface area contributed by atoms with Gasteiger partial charge in [-0.3, -0.25) is 4.79 Å². The van der Waals surface area contributed by atoms with Crippen LogP contribution in [0.4, 0.5) is 16.2 Å². The van der Waals surface area contributed by atoms with Gasteiger partial charge in [0.25, 0.3) is 0 Å². The largest absolute Gasteiger partial charge is 0.481 e. The van der Waals surface area contributed by atoms with Gasteiger partial charge in [0, 0.05) is 34.5 Å². The van der Waals surface area contributed by atoms with Gasteiger partial charge in [0.05, 0.1) is 5.92 Å². The molecular weight excluding hydrogens is 488 g/mol. The molecule has 2 saturated heterocycles. The summed E-state index contributed by atoms with van der Waals surface area (Å²) >= 11 is 0. The Morgan fingerprint density at radius 3 is 2.38 bits per heavy atom. The lowest BCUT2D eigenvalue weighted by Crippen LogP contribution is -2.37. The van der Waals surface area contributed by atoms with E-state index in [4.69, 9.17) is 5.11 Å². The summed E-state index contributed by atoms with van der Waals surface area (Å²) in [5.41, 5.74) is 4.98. The number of rotatable bonds is 5. The number of piperidine rings is 1. The Labute approximate surface area is 229 Å². The number of anilines is 2. The summed E-state index contributed by atoms with van der Waals surface area (Å²) in [6.45, 7) is 4.16. The summed E-state index contributed by atoms with van der Waals surface area (Å²) < 4.78 is 0. The molecule has 3 heterocycles. The molecule has 7 heteroatoms. The third-order valence-corrected chi connectivity index (χ3v) is 7.93. The van der Waals surface area contributed by atoms with E-state index in [-0.39, 0.29) is 6.03 Å². The van der Waals surface area contributed by atoms with Crippen molar-refractivity contribution in [1.29, 1.82) is 0 Å². The highest BCUT2D eigenvalue weighted by Gasteiger charge is 2.33. The van der Waals surface area contributed by atoms with Crippen LogP contribution in [0.25, 0.3) is 10.9 Å². The third kappa shape index (κ3) is 6.49. The van der Waals surface area contributed by atoms with E-state index in [9.17, 15) is 9.59 Å². The van der Waals surface area contributed by atoms with Crippen LogP contribution in [-0.2, 0) is 4.79 Å². The molecule has 4 N–H and O–H groups in total. The lowest BCUT2D eigenvalue weighted by atomic mass is 9.85. The average Bonchev–Trinajstić information content (AvgIpc) is 3.60. The molecule has 2 fully saturated rings. The third-order valence-electron chi connectivity index (χ3n) is 7.93. The molecule has 0 radical (unpaired) electrons. The highest BCUT2D eigenvalue weighted by molar-refractivity contribution is 6.01. The maximum absolute atomic E-state index is 12.3. The van der Waals surface area contributed by atoms with Gasteiger partial charge in [-0.2, -0.15) is 0 Å². The summed E-state index contributed by atoms with van der Waals surface area (Å²) in [5, 5.41) is 15.7. The van der Waals surface area contributed by atoms with Gasteiger partial charge in [-0.25, -0.2) is 4.79 Å². The molecule has 4 aromatic rings. The van der Waals surface area contributed by atoms with Gasteiger partial charge in [0.2, 0.25) is 0 Å². The Morgan fingerprint density at radius 1 is 0.923 bits per heavy atom. The van der Waals surface area contributed by atoms with E-state index in [1.54, 1.807) is 6.92 Å². The molecule has 6 rings (SSSR count). The molecular formula is C32H36N4O3. The normalized spacial score (nSPS) is 19.4. The first kappa shape index (κ1) is 26.5. The van der Waals surface area contributed by atoms with Crippen molar-refractivity contribution in [3.8, 4) is 0 Å². The van der Waals surface area contributed by atoms with Crippen LogP contribution in [0.5, 0.6) is 0 Å². The van der Waals surface area contributed by atoms with Gasteiger partial charge < -0.3 is 25.6 Å². The zero-order chi connectivity index (χ0) is 27.2. The first-order valence-electron chi connectivity index (χ1n) is 13.7. The van der Waals surface area contributed by atoms with E-state index in [0.29, 0.717) is 5.92 Å². The monoisotopic (exact) mass is 524 g/mol. The molecule has 3 unspecified atom stereocenters. The Balaban J connectivity index is 0.000000237. The fourth-order valence-electron chi connectivity index (χ4n) is 5.76. The number of amides is 2. The van der Waals surface area contributed by atoms with Gasteiger partial charge in [0.1, 0.15) is 0 Å². The minimum Gasteiger partial charge on any atom is -0.481 e. The Hall–Kier alpha value is -4.10. The summed E-state index contributed by atoms with van der Waals surface area (Å²) in [4.78, 5) is 28.9. The number of carbonyl (C=O) groups is 2. The number of nitrogens with zero attached hydrogens (tertiary/aromatic N) is 1. The van der Waals surface area contributed by atoms with Crippen molar-refractivity contribution in [2.75, 3.05) is 23.7 Å².